The van der Waals surface area contributed by atoms with Crippen molar-refractivity contribution in [2.75, 3.05) is 0 Å². The summed E-state index contributed by atoms with van der Waals surface area (Å²) in [4.78, 5) is 0.104. The molecule has 16 heavy (non-hydrogen) atoms. The zero-order valence-corrected chi connectivity index (χ0v) is 10.5. The molecule has 1 aromatic heterocycles. The number of aromatic nitrogens is 2. The van der Waals surface area contributed by atoms with Gasteiger partial charge in [0, 0.05) is 23.1 Å². The summed E-state index contributed by atoms with van der Waals surface area (Å²) in [7, 11) is 3.40. The van der Waals surface area contributed by atoms with Crippen LogP contribution in [0.2, 0.25) is 0 Å². The third kappa shape index (κ3) is 1.81. The summed E-state index contributed by atoms with van der Waals surface area (Å²) >= 11 is 0. The number of benzene rings is 1. The van der Waals surface area contributed by atoms with Crippen LogP contribution in [0, 0.1) is 0 Å². The first-order valence-electron chi connectivity index (χ1n) is 4.83. The van der Waals surface area contributed by atoms with E-state index in [2.05, 4.69) is 5.10 Å². The van der Waals surface area contributed by atoms with Gasteiger partial charge >= 0.3 is 0 Å². The standard InChI is InChI=1S/C10H11ClN2O2S/c1-3-9-8-5-4-7(16(11,14)15)6-10(8)13(2)12-9/h4-6H,3H2,1-2H3. The van der Waals surface area contributed by atoms with E-state index in [1.807, 2.05) is 6.92 Å². The summed E-state index contributed by atoms with van der Waals surface area (Å²) in [5.41, 5.74) is 1.73. The average Bonchev–Trinajstić information content (AvgIpc) is 2.54. The van der Waals surface area contributed by atoms with E-state index in [-0.39, 0.29) is 4.90 Å². The van der Waals surface area contributed by atoms with Gasteiger partial charge in [-0.3, -0.25) is 4.68 Å². The Morgan fingerprint density at radius 2 is 2.12 bits per heavy atom. The molecule has 1 aromatic carbocycles. The fourth-order valence-corrected chi connectivity index (χ4v) is 2.50. The van der Waals surface area contributed by atoms with E-state index in [0.29, 0.717) is 0 Å². The molecule has 0 bridgehead atoms. The molecule has 4 nitrogen and oxygen atoms in total. The molecular formula is C10H11ClN2O2S. The molecule has 0 radical (unpaired) electrons. The van der Waals surface area contributed by atoms with E-state index in [4.69, 9.17) is 10.7 Å². The first-order chi connectivity index (χ1) is 7.43. The van der Waals surface area contributed by atoms with Crippen LogP contribution in [-0.4, -0.2) is 18.2 Å². The minimum Gasteiger partial charge on any atom is -0.268 e. The third-order valence-corrected chi connectivity index (χ3v) is 3.87. The molecule has 0 saturated carbocycles. The lowest BCUT2D eigenvalue weighted by Gasteiger charge is -1.98. The van der Waals surface area contributed by atoms with Crippen molar-refractivity contribution in [3.63, 3.8) is 0 Å². The summed E-state index contributed by atoms with van der Waals surface area (Å²) in [5.74, 6) is 0. The number of halogens is 1. The lowest BCUT2D eigenvalue weighted by molar-refractivity contribution is 0.609. The second kappa shape index (κ2) is 3.75. The van der Waals surface area contributed by atoms with Crippen molar-refractivity contribution >= 4 is 30.6 Å². The van der Waals surface area contributed by atoms with Gasteiger partial charge in [-0.25, -0.2) is 8.42 Å². The molecular weight excluding hydrogens is 248 g/mol. The van der Waals surface area contributed by atoms with Gasteiger partial charge in [0.1, 0.15) is 0 Å². The molecule has 6 heteroatoms. The van der Waals surface area contributed by atoms with Crippen molar-refractivity contribution in [3.05, 3.63) is 23.9 Å². The van der Waals surface area contributed by atoms with E-state index in [1.165, 1.54) is 6.07 Å². The molecule has 86 valence electrons. The topological polar surface area (TPSA) is 52.0 Å². The Morgan fingerprint density at radius 3 is 2.69 bits per heavy atom. The number of fused-ring (bicyclic) bond motifs is 1. The van der Waals surface area contributed by atoms with Gasteiger partial charge in [-0.2, -0.15) is 5.10 Å². The van der Waals surface area contributed by atoms with Crippen molar-refractivity contribution < 1.29 is 8.42 Å². The van der Waals surface area contributed by atoms with E-state index in [0.717, 1.165) is 23.0 Å². The highest BCUT2D eigenvalue weighted by Gasteiger charge is 2.13. The summed E-state index contributed by atoms with van der Waals surface area (Å²) in [5, 5.41) is 5.28. The second-order valence-corrected chi connectivity index (χ2v) is 6.11. The molecule has 0 aliphatic carbocycles. The Labute approximate surface area is 98.2 Å². The number of hydrogen-bond acceptors (Lipinski definition) is 3. The monoisotopic (exact) mass is 258 g/mol. The highest BCUT2D eigenvalue weighted by Crippen LogP contribution is 2.23. The van der Waals surface area contributed by atoms with Crippen molar-refractivity contribution in [2.45, 2.75) is 18.2 Å². The minimum absolute atomic E-state index is 0.104. The fraction of sp³-hybridized carbons (Fsp3) is 0.300. The SMILES string of the molecule is CCc1nn(C)c2cc(S(=O)(=O)Cl)ccc12. The number of hydrogen-bond donors (Lipinski definition) is 0. The largest absolute Gasteiger partial charge is 0.268 e. The minimum atomic E-state index is -3.68. The molecule has 0 N–H and O–H groups in total. The van der Waals surface area contributed by atoms with Gasteiger partial charge in [0.15, 0.2) is 0 Å². The van der Waals surface area contributed by atoms with E-state index < -0.39 is 9.05 Å². The van der Waals surface area contributed by atoms with Gasteiger partial charge in [0.25, 0.3) is 9.05 Å². The summed E-state index contributed by atoms with van der Waals surface area (Å²) in [6, 6.07) is 4.80. The molecule has 0 aliphatic heterocycles. The number of aryl methyl sites for hydroxylation is 2. The maximum absolute atomic E-state index is 11.2. The van der Waals surface area contributed by atoms with E-state index in [9.17, 15) is 8.42 Å². The molecule has 0 spiro atoms. The van der Waals surface area contributed by atoms with Crippen LogP contribution in [0.5, 0.6) is 0 Å². The zero-order chi connectivity index (χ0) is 11.9. The lowest BCUT2D eigenvalue weighted by Crippen LogP contribution is -1.93. The second-order valence-electron chi connectivity index (χ2n) is 3.54. The van der Waals surface area contributed by atoms with Crippen molar-refractivity contribution in [2.24, 2.45) is 7.05 Å². The van der Waals surface area contributed by atoms with Crippen LogP contribution in [-0.2, 0) is 22.5 Å². The predicted molar refractivity (Wildman–Crippen MR) is 63.1 cm³/mol. The van der Waals surface area contributed by atoms with Crippen molar-refractivity contribution in [1.82, 2.24) is 9.78 Å². The van der Waals surface area contributed by atoms with Crippen molar-refractivity contribution in [1.29, 1.82) is 0 Å². The summed E-state index contributed by atoms with van der Waals surface area (Å²) < 4.78 is 24.1. The molecule has 0 aliphatic rings. The number of nitrogens with zero attached hydrogens (tertiary/aromatic N) is 2. The fourth-order valence-electron chi connectivity index (χ4n) is 1.72. The lowest BCUT2D eigenvalue weighted by atomic mass is 10.2. The Hall–Kier alpha value is -1.07. The Kier molecular flexibility index (Phi) is 2.67. The Balaban J connectivity index is 2.77. The first-order valence-corrected chi connectivity index (χ1v) is 7.14. The van der Waals surface area contributed by atoms with Gasteiger partial charge in [-0.1, -0.05) is 6.92 Å². The molecule has 0 unspecified atom stereocenters. The highest BCUT2D eigenvalue weighted by molar-refractivity contribution is 8.13. The molecule has 2 aromatic rings. The zero-order valence-electron chi connectivity index (χ0n) is 8.94. The molecule has 0 amide bonds. The summed E-state index contributed by atoms with van der Waals surface area (Å²) in [6.07, 6.45) is 0.810. The van der Waals surface area contributed by atoms with Gasteiger partial charge in [-0.15, -0.1) is 0 Å². The first kappa shape index (κ1) is 11.4. The maximum atomic E-state index is 11.2. The van der Waals surface area contributed by atoms with Gasteiger partial charge in [0.2, 0.25) is 0 Å². The number of rotatable bonds is 2. The summed E-state index contributed by atoms with van der Waals surface area (Å²) in [6.45, 7) is 2.01. The van der Waals surface area contributed by atoms with Crippen LogP contribution in [0.15, 0.2) is 23.1 Å². The van der Waals surface area contributed by atoms with Crippen LogP contribution in [0.3, 0.4) is 0 Å². The average molecular weight is 259 g/mol. The molecule has 0 fully saturated rings. The van der Waals surface area contributed by atoms with E-state index in [1.54, 1.807) is 23.9 Å². The van der Waals surface area contributed by atoms with Gasteiger partial charge < -0.3 is 0 Å². The van der Waals surface area contributed by atoms with Gasteiger partial charge in [-0.05, 0) is 24.6 Å². The van der Waals surface area contributed by atoms with Crippen molar-refractivity contribution in [3.8, 4) is 0 Å². The van der Waals surface area contributed by atoms with Crippen LogP contribution < -0.4 is 0 Å². The van der Waals surface area contributed by atoms with E-state index >= 15 is 0 Å². The quantitative estimate of drug-likeness (QED) is 0.775. The smallest absolute Gasteiger partial charge is 0.261 e. The molecule has 0 atom stereocenters. The van der Waals surface area contributed by atoms with Crippen LogP contribution in [0.25, 0.3) is 10.9 Å². The van der Waals surface area contributed by atoms with Crippen LogP contribution in [0.4, 0.5) is 0 Å². The third-order valence-electron chi connectivity index (χ3n) is 2.52. The predicted octanol–water partition coefficient (Wildman–Crippen LogP) is 2.06. The maximum Gasteiger partial charge on any atom is 0.261 e. The Bertz CT molecular complexity index is 646. The van der Waals surface area contributed by atoms with Gasteiger partial charge in [0.05, 0.1) is 16.1 Å². The Morgan fingerprint density at radius 1 is 1.44 bits per heavy atom. The normalized spacial score (nSPS) is 12.2. The molecule has 2 rings (SSSR count). The van der Waals surface area contributed by atoms with Crippen LogP contribution >= 0.6 is 10.7 Å². The molecule has 0 saturated heterocycles. The van der Waals surface area contributed by atoms with Crippen LogP contribution in [0.1, 0.15) is 12.6 Å². The molecule has 1 heterocycles. The highest BCUT2D eigenvalue weighted by atomic mass is 35.7.